The molecule has 0 atom stereocenters. The molecule has 3 aromatic rings. The molecule has 0 aliphatic carbocycles. The maximum atomic E-state index is 12.4. The molecule has 2 amide bonds. The zero-order valence-corrected chi connectivity index (χ0v) is 17.9. The summed E-state index contributed by atoms with van der Waals surface area (Å²) in [7, 11) is 0. The van der Waals surface area contributed by atoms with E-state index >= 15 is 0 Å². The summed E-state index contributed by atoms with van der Waals surface area (Å²) in [5.41, 5.74) is 2.82. The molecule has 3 aromatic carbocycles. The number of thioether (sulfide) groups is 1. The Bertz CT molecular complexity index is 1040. The van der Waals surface area contributed by atoms with Crippen LogP contribution < -0.4 is 10.6 Å². The molecule has 29 heavy (non-hydrogen) atoms. The third-order valence-corrected chi connectivity index (χ3v) is 5.64. The number of halogens is 2. The highest BCUT2D eigenvalue weighted by Gasteiger charge is 2.11. The van der Waals surface area contributed by atoms with Crippen molar-refractivity contribution < 1.29 is 9.59 Å². The van der Waals surface area contributed by atoms with E-state index in [1.165, 1.54) is 17.8 Å². The average molecular weight is 445 g/mol. The lowest BCUT2D eigenvalue weighted by Gasteiger charge is -2.09. The van der Waals surface area contributed by atoms with Crippen molar-refractivity contribution in [3.05, 3.63) is 87.9 Å². The number of para-hydroxylation sites is 1. The molecular weight excluding hydrogens is 427 g/mol. The topological polar surface area (TPSA) is 58.2 Å². The highest BCUT2D eigenvalue weighted by molar-refractivity contribution is 8.00. The van der Waals surface area contributed by atoms with Crippen LogP contribution in [0.3, 0.4) is 0 Å². The first-order chi connectivity index (χ1) is 13.9. The smallest absolute Gasteiger partial charge is 0.257 e. The number of carbonyl (C=O) groups is 2. The van der Waals surface area contributed by atoms with Gasteiger partial charge in [0.1, 0.15) is 0 Å². The molecule has 0 unspecified atom stereocenters. The first-order valence-electron chi connectivity index (χ1n) is 8.77. The van der Waals surface area contributed by atoms with E-state index in [1.807, 2.05) is 43.3 Å². The summed E-state index contributed by atoms with van der Waals surface area (Å²) in [4.78, 5) is 25.4. The summed E-state index contributed by atoms with van der Waals surface area (Å²) in [6, 6.07) is 19.6. The number of rotatable bonds is 6. The second kappa shape index (κ2) is 9.83. The van der Waals surface area contributed by atoms with Gasteiger partial charge in [0.15, 0.2) is 0 Å². The lowest BCUT2D eigenvalue weighted by atomic mass is 10.2. The van der Waals surface area contributed by atoms with Crippen LogP contribution in [0.5, 0.6) is 0 Å². The third kappa shape index (κ3) is 6.00. The molecule has 7 heteroatoms. The highest BCUT2D eigenvalue weighted by atomic mass is 35.5. The quantitative estimate of drug-likeness (QED) is 0.439. The molecule has 3 rings (SSSR count). The predicted molar refractivity (Wildman–Crippen MR) is 121 cm³/mol. The average Bonchev–Trinajstić information content (AvgIpc) is 2.69. The van der Waals surface area contributed by atoms with E-state index in [9.17, 15) is 9.59 Å². The molecule has 0 aliphatic heterocycles. The van der Waals surface area contributed by atoms with Gasteiger partial charge in [-0.25, -0.2) is 0 Å². The Labute approximate surface area is 183 Å². The summed E-state index contributed by atoms with van der Waals surface area (Å²) in [6.07, 6.45) is 0. The maximum absolute atomic E-state index is 12.4. The molecule has 0 heterocycles. The van der Waals surface area contributed by atoms with E-state index in [0.29, 0.717) is 27.0 Å². The van der Waals surface area contributed by atoms with Crippen LogP contribution in [-0.4, -0.2) is 17.6 Å². The van der Waals surface area contributed by atoms with Gasteiger partial charge in [-0.3, -0.25) is 9.59 Å². The number of carbonyl (C=O) groups excluding carboxylic acids is 2. The Morgan fingerprint density at radius 2 is 1.66 bits per heavy atom. The van der Waals surface area contributed by atoms with Crippen LogP contribution in [0, 0.1) is 6.92 Å². The lowest BCUT2D eigenvalue weighted by molar-refractivity contribution is -0.113. The molecule has 0 radical (unpaired) electrons. The number of aryl methyl sites for hydroxylation is 1. The molecule has 0 aromatic heterocycles. The summed E-state index contributed by atoms with van der Waals surface area (Å²) >= 11 is 13.3. The SMILES string of the molecule is Cc1ccccc1NC(=O)CSc1ccc(NC(=O)c2ccc(Cl)cc2Cl)cc1. The number of benzene rings is 3. The molecule has 0 bridgehead atoms. The largest absolute Gasteiger partial charge is 0.325 e. The Balaban J connectivity index is 1.54. The van der Waals surface area contributed by atoms with E-state index in [2.05, 4.69) is 10.6 Å². The van der Waals surface area contributed by atoms with Gasteiger partial charge in [-0.15, -0.1) is 11.8 Å². The molecule has 2 N–H and O–H groups in total. The van der Waals surface area contributed by atoms with Crippen LogP contribution in [0.1, 0.15) is 15.9 Å². The fourth-order valence-electron chi connectivity index (χ4n) is 2.55. The van der Waals surface area contributed by atoms with Gasteiger partial charge in [-0.05, 0) is 61.0 Å². The first-order valence-corrected chi connectivity index (χ1v) is 10.5. The van der Waals surface area contributed by atoms with Crippen molar-refractivity contribution in [1.29, 1.82) is 0 Å². The number of hydrogen-bond donors (Lipinski definition) is 2. The Morgan fingerprint density at radius 3 is 2.34 bits per heavy atom. The van der Waals surface area contributed by atoms with E-state index in [1.54, 1.807) is 24.3 Å². The Hall–Kier alpha value is -2.47. The summed E-state index contributed by atoms with van der Waals surface area (Å²) < 4.78 is 0. The molecule has 148 valence electrons. The van der Waals surface area contributed by atoms with Crippen molar-refractivity contribution in [3.8, 4) is 0 Å². The van der Waals surface area contributed by atoms with Gasteiger partial charge in [-0.1, -0.05) is 41.4 Å². The second-order valence-corrected chi connectivity index (χ2v) is 8.15. The van der Waals surface area contributed by atoms with Crippen LogP contribution in [0.15, 0.2) is 71.6 Å². The van der Waals surface area contributed by atoms with Crippen LogP contribution in [0.25, 0.3) is 0 Å². The lowest BCUT2D eigenvalue weighted by Crippen LogP contribution is -2.14. The van der Waals surface area contributed by atoms with E-state index in [4.69, 9.17) is 23.2 Å². The van der Waals surface area contributed by atoms with Gasteiger partial charge in [0.2, 0.25) is 5.91 Å². The standard InChI is InChI=1S/C22H18Cl2N2O2S/c1-14-4-2-3-5-20(14)26-21(27)13-29-17-9-7-16(8-10-17)25-22(28)18-11-6-15(23)12-19(18)24/h2-12H,13H2,1H3,(H,25,28)(H,26,27). The zero-order chi connectivity index (χ0) is 20.8. The van der Waals surface area contributed by atoms with Gasteiger partial charge in [0.25, 0.3) is 5.91 Å². The normalized spacial score (nSPS) is 10.4. The van der Waals surface area contributed by atoms with E-state index in [0.717, 1.165) is 16.1 Å². The van der Waals surface area contributed by atoms with Crippen molar-refractivity contribution >= 4 is 58.2 Å². The van der Waals surface area contributed by atoms with Gasteiger partial charge in [0, 0.05) is 21.3 Å². The summed E-state index contributed by atoms with van der Waals surface area (Å²) in [6.45, 7) is 1.95. The first kappa shape index (κ1) is 21.2. The fourth-order valence-corrected chi connectivity index (χ4v) is 3.75. The van der Waals surface area contributed by atoms with Crippen molar-refractivity contribution in [3.63, 3.8) is 0 Å². The van der Waals surface area contributed by atoms with E-state index in [-0.39, 0.29) is 11.8 Å². The second-order valence-electron chi connectivity index (χ2n) is 6.25. The molecule has 4 nitrogen and oxygen atoms in total. The molecular formula is C22H18Cl2N2O2S. The zero-order valence-electron chi connectivity index (χ0n) is 15.5. The fraction of sp³-hybridized carbons (Fsp3) is 0.0909. The number of anilines is 2. The number of hydrogen-bond acceptors (Lipinski definition) is 3. The minimum atomic E-state index is -0.315. The summed E-state index contributed by atoms with van der Waals surface area (Å²) in [5.74, 6) is -0.0933. The maximum Gasteiger partial charge on any atom is 0.257 e. The summed E-state index contributed by atoms with van der Waals surface area (Å²) in [5, 5.41) is 6.47. The van der Waals surface area contributed by atoms with Crippen LogP contribution in [0.4, 0.5) is 11.4 Å². The highest BCUT2D eigenvalue weighted by Crippen LogP contribution is 2.24. The minimum Gasteiger partial charge on any atom is -0.325 e. The van der Waals surface area contributed by atoms with Crippen molar-refractivity contribution in [2.75, 3.05) is 16.4 Å². The Morgan fingerprint density at radius 1 is 0.931 bits per heavy atom. The number of amides is 2. The number of nitrogens with one attached hydrogen (secondary N) is 2. The van der Waals surface area contributed by atoms with Crippen LogP contribution in [-0.2, 0) is 4.79 Å². The minimum absolute atomic E-state index is 0.0703. The van der Waals surface area contributed by atoms with Gasteiger partial charge < -0.3 is 10.6 Å². The molecule has 0 spiro atoms. The molecule has 0 fully saturated rings. The molecule has 0 saturated heterocycles. The van der Waals surface area contributed by atoms with E-state index < -0.39 is 0 Å². The van der Waals surface area contributed by atoms with Crippen molar-refractivity contribution in [2.45, 2.75) is 11.8 Å². The molecule has 0 saturated carbocycles. The third-order valence-electron chi connectivity index (χ3n) is 4.08. The van der Waals surface area contributed by atoms with Gasteiger partial charge in [0.05, 0.1) is 16.3 Å². The van der Waals surface area contributed by atoms with Gasteiger partial charge >= 0.3 is 0 Å². The monoisotopic (exact) mass is 444 g/mol. The van der Waals surface area contributed by atoms with Crippen LogP contribution in [0.2, 0.25) is 10.0 Å². The van der Waals surface area contributed by atoms with Crippen LogP contribution >= 0.6 is 35.0 Å². The Kier molecular flexibility index (Phi) is 7.20. The van der Waals surface area contributed by atoms with Gasteiger partial charge in [-0.2, -0.15) is 0 Å². The van der Waals surface area contributed by atoms with Crippen molar-refractivity contribution in [1.82, 2.24) is 0 Å². The predicted octanol–water partition coefficient (Wildman–Crippen LogP) is 6.28. The molecule has 0 aliphatic rings. The van der Waals surface area contributed by atoms with Crippen molar-refractivity contribution in [2.24, 2.45) is 0 Å².